The monoisotopic (exact) mass is 273 g/mol. The van der Waals surface area contributed by atoms with Crippen LogP contribution in [0.5, 0.6) is 0 Å². The van der Waals surface area contributed by atoms with Crippen molar-refractivity contribution >= 4 is 0 Å². The predicted octanol–water partition coefficient (Wildman–Crippen LogP) is 4.96. The first kappa shape index (κ1) is 15.6. The standard InChI is InChI=1S/C19H31N/c1-18(2,3)17-9-7-15(8-10-17)16-11-13-20(14-12-16)19(4,5)6/h7-10,16H,11-14H2,1-6H3. The van der Waals surface area contributed by atoms with Crippen molar-refractivity contribution in [1.29, 1.82) is 0 Å². The average molecular weight is 273 g/mol. The Morgan fingerprint density at radius 1 is 0.850 bits per heavy atom. The van der Waals surface area contributed by atoms with Gasteiger partial charge in [0.15, 0.2) is 0 Å². The highest BCUT2D eigenvalue weighted by atomic mass is 15.2. The lowest BCUT2D eigenvalue weighted by Gasteiger charge is -2.41. The van der Waals surface area contributed by atoms with Gasteiger partial charge in [0.25, 0.3) is 0 Å². The molecule has 2 rings (SSSR count). The fourth-order valence-electron chi connectivity index (χ4n) is 3.14. The molecule has 20 heavy (non-hydrogen) atoms. The van der Waals surface area contributed by atoms with Crippen LogP contribution >= 0.6 is 0 Å². The Balaban J connectivity index is 2.01. The summed E-state index contributed by atoms with van der Waals surface area (Å²) in [5.74, 6) is 0.752. The van der Waals surface area contributed by atoms with Crippen LogP contribution in [0.2, 0.25) is 0 Å². The minimum Gasteiger partial charge on any atom is -0.298 e. The molecule has 1 aromatic carbocycles. The topological polar surface area (TPSA) is 3.24 Å². The first-order valence-electron chi connectivity index (χ1n) is 8.03. The zero-order valence-corrected chi connectivity index (χ0v) is 14.2. The molecule has 0 saturated carbocycles. The summed E-state index contributed by atoms with van der Waals surface area (Å²) in [7, 11) is 0. The summed E-state index contributed by atoms with van der Waals surface area (Å²) in [6.45, 7) is 16.3. The van der Waals surface area contributed by atoms with Crippen molar-refractivity contribution < 1.29 is 0 Å². The van der Waals surface area contributed by atoms with Gasteiger partial charge in [-0.05, 0) is 69.2 Å². The van der Waals surface area contributed by atoms with Gasteiger partial charge >= 0.3 is 0 Å². The second kappa shape index (κ2) is 5.52. The molecular formula is C19H31N. The highest BCUT2D eigenvalue weighted by Crippen LogP contribution is 2.32. The molecule has 1 heteroatoms. The van der Waals surface area contributed by atoms with E-state index in [1.807, 2.05) is 0 Å². The molecule has 0 aromatic heterocycles. The third-order valence-electron chi connectivity index (χ3n) is 4.69. The maximum atomic E-state index is 2.62. The highest BCUT2D eigenvalue weighted by Gasteiger charge is 2.27. The number of hydrogen-bond acceptors (Lipinski definition) is 1. The molecule has 0 unspecified atom stereocenters. The van der Waals surface area contributed by atoms with Gasteiger partial charge in [-0.2, -0.15) is 0 Å². The van der Waals surface area contributed by atoms with Crippen LogP contribution in [0.1, 0.15) is 71.4 Å². The average Bonchev–Trinajstić information content (AvgIpc) is 2.37. The van der Waals surface area contributed by atoms with E-state index in [1.165, 1.54) is 37.1 Å². The molecule has 0 aliphatic carbocycles. The van der Waals surface area contributed by atoms with E-state index in [0.717, 1.165) is 5.92 Å². The maximum absolute atomic E-state index is 2.62. The summed E-state index contributed by atoms with van der Waals surface area (Å²) in [4.78, 5) is 2.62. The van der Waals surface area contributed by atoms with Crippen LogP contribution < -0.4 is 0 Å². The van der Waals surface area contributed by atoms with Crippen molar-refractivity contribution in [3.05, 3.63) is 35.4 Å². The van der Waals surface area contributed by atoms with Crippen molar-refractivity contribution in [1.82, 2.24) is 4.90 Å². The molecule has 1 nitrogen and oxygen atoms in total. The number of likely N-dealkylation sites (tertiary alicyclic amines) is 1. The Kier molecular flexibility index (Phi) is 4.30. The second-order valence-corrected chi connectivity index (χ2v) is 8.30. The molecule has 0 N–H and O–H groups in total. The third-order valence-corrected chi connectivity index (χ3v) is 4.69. The molecule has 1 fully saturated rings. The first-order valence-corrected chi connectivity index (χ1v) is 8.03. The Morgan fingerprint density at radius 2 is 1.35 bits per heavy atom. The molecule has 1 aliphatic heterocycles. The van der Waals surface area contributed by atoms with Crippen LogP contribution in [0, 0.1) is 0 Å². The van der Waals surface area contributed by atoms with Gasteiger partial charge in [0.05, 0.1) is 0 Å². The number of piperidine rings is 1. The van der Waals surface area contributed by atoms with Gasteiger partial charge < -0.3 is 0 Å². The zero-order chi connectivity index (χ0) is 15.0. The highest BCUT2D eigenvalue weighted by molar-refractivity contribution is 5.29. The molecule has 112 valence electrons. The maximum Gasteiger partial charge on any atom is 0.0125 e. The number of benzene rings is 1. The lowest BCUT2D eigenvalue weighted by atomic mass is 9.83. The summed E-state index contributed by atoms with van der Waals surface area (Å²) in [5, 5.41) is 0. The summed E-state index contributed by atoms with van der Waals surface area (Å²) in [6, 6.07) is 9.37. The van der Waals surface area contributed by atoms with Gasteiger partial charge in [-0.15, -0.1) is 0 Å². The molecular weight excluding hydrogens is 242 g/mol. The largest absolute Gasteiger partial charge is 0.298 e. The van der Waals surface area contributed by atoms with Crippen molar-refractivity contribution in [2.75, 3.05) is 13.1 Å². The van der Waals surface area contributed by atoms with Crippen LogP contribution in [-0.2, 0) is 5.41 Å². The smallest absolute Gasteiger partial charge is 0.0125 e. The Bertz CT molecular complexity index is 422. The van der Waals surface area contributed by atoms with E-state index in [-0.39, 0.29) is 5.41 Å². The van der Waals surface area contributed by atoms with Crippen LogP contribution in [0.15, 0.2) is 24.3 Å². The van der Waals surface area contributed by atoms with Crippen molar-refractivity contribution in [3.63, 3.8) is 0 Å². The normalized spacial score (nSPS) is 19.3. The van der Waals surface area contributed by atoms with Crippen LogP contribution in [0.4, 0.5) is 0 Å². The molecule has 1 aliphatic rings. The molecule has 1 saturated heterocycles. The van der Waals surface area contributed by atoms with Gasteiger partial charge in [-0.25, -0.2) is 0 Å². The molecule has 0 atom stereocenters. The fraction of sp³-hybridized carbons (Fsp3) is 0.684. The minimum absolute atomic E-state index is 0.258. The molecule has 0 spiro atoms. The number of hydrogen-bond donors (Lipinski definition) is 0. The summed E-state index contributed by atoms with van der Waals surface area (Å²) < 4.78 is 0. The van der Waals surface area contributed by atoms with E-state index in [4.69, 9.17) is 0 Å². The molecule has 1 heterocycles. The quantitative estimate of drug-likeness (QED) is 0.699. The molecule has 0 radical (unpaired) electrons. The SMILES string of the molecule is CC(C)(C)c1ccc(C2CCN(C(C)(C)C)CC2)cc1. The van der Waals surface area contributed by atoms with Gasteiger partial charge in [0.1, 0.15) is 0 Å². The van der Waals surface area contributed by atoms with E-state index in [2.05, 4.69) is 70.7 Å². The van der Waals surface area contributed by atoms with Gasteiger partial charge in [-0.1, -0.05) is 45.0 Å². The van der Waals surface area contributed by atoms with Crippen LogP contribution in [-0.4, -0.2) is 23.5 Å². The van der Waals surface area contributed by atoms with Crippen molar-refractivity contribution in [2.24, 2.45) is 0 Å². The van der Waals surface area contributed by atoms with Crippen LogP contribution in [0.25, 0.3) is 0 Å². The van der Waals surface area contributed by atoms with E-state index in [1.54, 1.807) is 0 Å². The molecule has 0 bridgehead atoms. The van der Waals surface area contributed by atoms with E-state index >= 15 is 0 Å². The van der Waals surface area contributed by atoms with E-state index < -0.39 is 0 Å². The van der Waals surface area contributed by atoms with E-state index in [9.17, 15) is 0 Å². The third kappa shape index (κ3) is 3.63. The van der Waals surface area contributed by atoms with Crippen molar-refractivity contribution in [2.45, 2.75) is 71.3 Å². The van der Waals surface area contributed by atoms with E-state index in [0.29, 0.717) is 5.54 Å². The minimum atomic E-state index is 0.258. The predicted molar refractivity (Wildman–Crippen MR) is 88.4 cm³/mol. The summed E-state index contributed by atoms with van der Waals surface area (Å²) >= 11 is 0. The number of nitrogens with zero attached hydrogens (tertiary/aromatic N) is 1. The Hall–Kier alpha value is -0.820. The summed E-state index contributed by atoms with van der Waals surface area (Å²) in [5.41, 5.74) is 3.55. The number of rotatable bonds is 1. The Morgan fingerprint density at radius 3 is 1.75 bits per heavy atom. The lowest BCUT2D eigenvalue weighted by molar-refractivity contribution is 0.102. The van der Waals surface area contributed by atoms with Gasteiger partial charge in [0, 0.05) is 5.54 Å². The van der Waals surface area contributed by atoms with Crippen molar-refractivity contribution in [3.8, 4) is 0 Å². The lowest BCUT2D eigenvalue weighted by Crippen LogP contribution is -2.45. The molecule has 0 amide bonds. The van der Waals surface area contributed by atoms with Gasteiger partial charge in [-0.3, -0.25) is 4.90 Å². The Labute approximate surface area is 125 Å². The second-order valence-electron chi connectivity index (χ2n) is 8.30. The molecule has 1 aromatic rings. The first-order chi connectivity index (χ1) is 9.18. The fourth-order valence-corrected chi connectivity index (χ4v) is 3.14. The van der Waals surface area contributed by atoms with Crippen LogP contribution in [0.3, 0.4) is 0 Å². The van der Waals surface area contributed by atoms with Gasteiger partial charge in [0.2, 0.25) is 0 Å². The zero-order valence-electron chi connectivity index (χ0n) is 14.2. The summed E-state index contributed by atoms with van der Waals surface area (Å²) in [6.07, 6.45) is 2.60.